The van der Waals surface area contributed by atoms with E-state index < -0.39 is 0 Å². The molecule has 0 unspecified atom stereocenters. The van der Waals surface area contributed by atoms with Crippen LogP contribution in [0.2, 0.25) is 0 Å². The topological polar surface area (TPSA) is 0 Å². The summed E-state index contributed by atoms with van der Waals surface area (Å²) in [5.74, 6) is 4.51. The highest BCUT2D eigenvalue weighted by molar-refractivity contribution is 5.17. The summed E-state index contributed by atoms with van der Waals surface area (Å²) >= 11 is 0. The summed E-state index contributed by atoms with van der Waals surface area (Å²) < 4.78 is 0. The first-order chi connectivity index (χ1) is 6.58. The third kappa shape index (κ3) is 1.76. The summed E-state index contributed by atoms with van der Waals surface area (Å²) in [5.41, 5.74) is 1.79. The molecule has 0 bridgehead atoms. The van der Waals surface area contributed by atoms with Gasteiger partial charge in [-0.1, -0.05) is 39.3 Å². The molecule has 0 N–H and O–H groups in total. The van der Waals surface area contributed by atoms with Crippen LogP contribution in [0.1, 0.15) is 47.0 Å². The fourth-order valence-corrected chi connectivity index (χ4v) is 4.04. The molecule has 1 fully saturated rings. The molecule has 0 aliphatic heterocycles. The van der Waals surface area contributed by atoms with Crippen molar-refractivity contribution in [2.24, 2.45) is 29.6 Å². The van der Waals surface area contributed by atoms with Gasteiger partial charge in [-0.2, -0.15) is 0 Å². The highest BCUT2D eigenvalue weighted by Gasteiger charge is 2.35. The van der Waals surface area contributed by atoms with Crippen molar-refractivity contribution < 1.29 is 0 Å². The first-order valence-electron chi connectivity index (χ1n) is 6.28. The molecule has 0 spiro atoms. The molecule has 1 saturated carbocycles. The molecule has 2 rings (SSSR count). The Hall–Kier alpha value is -0.260. The van der Waals surface area contributed by atoms with Crippen LogP contribution in [0, 0.1) is 29.6 Å². The number of allylic oxidation sites excluding steroid dienone is 2. The van der Waals surface area contributed by atoms with E-state index in [-0.39, 0.29) is 0 Å². The van der Waals surface area contributed by atoms with Crippen LogP contribution in [0.3, 0.4) is 0 Å². The average Bonchev–Trinajstić information content (AvgIpc) is 1.99. The van der Waals surface area contributed by atoms with Crippen LogP contribution in [-0.4, -0.2) is 0 Å². The fraction of sp³-hybridized carbons (Fsp3) is 0.857. The van der Waals surface area contributed by atoms with E-state index in [1.54, 1.807) is 5.57 Å². The Labute approximate surface area is 88.8 Å². The summed E-state index contributed by atoms with van der Waals surface area (Å²) in [6.07, 6.45) is 6.81. The highest BCUT2D eigenvalue weighted by Crippen LogP contribution is 2.46. The lowest BCUT2D eigenvalue weighted by molar-refractivity contribution is 0.180. The first-order valence-corrected chi connectivity index (χ1v) is 6.28. The molecule has 0 saturated heterocycles. The number of hydrogen-bond acceptors (Lipinski definition) is 0. The molecule has 5 atom stereocenters. The molecule has 14 heavy (non-hydrogen) atoms. The molecule has 80 valence electrons. The minimum atomic E-state index is 0.828. The van der Waals surface area contributed by atoms with Crippen molar-refractivity contribution in [1.29, 1.82) is 0 Å². The van der Waals surface area contributed by atoms with Crippen LogP contribution < -0.4 is 0 Å². The monoisotopic (exact) mass is 192 g/mol. The van der Waals surface area contributed by atoms with E-state index in [0.29, 0.717) is 0 Å². The highest BCUT2D eigenvalue weighted by atomic mass is 14.4. The normalized spacial score (nSPS) is 48.3. The van der Waals surface area contributed by atoms with Crippen molar-refractivity contribution in [1.82, 2.24) is 0 Å². The Kier molecular flexibility index (Phi) is 2.72. The second kappa shape index (κ2) is 3.72. The van der Waals surface area contributed by atoms with Crippen molar-refractivity contribution in [3.05, 3.63) is 11.6 Å². The zero-order valence-electron chi connectivity index (χ0n) is 10.1. The van der Waals surface area contributed by atoms with Crippen molar-refractivity contribution in [3.8, 4) is 0 Å². The van der Waals surface area contributed by atoms with Gasteiger partial charge in [-0.25, -0.2) is 0 Å². The smallest absolute Gasteiger partial charge is 0.0151 e. The number of fused-ring (bicyclic) bond motifs is 1. The molecule has 0 aromatic rings. The van der Waals surface area contributed by atoms with Gasteiger partial charge in [-0.3, -0.25) is 0 Å². The Bertz CT molecular complexity index is 238. The van der Waals surface area contributed by atoms with Crippen LogP contribution in [0.4, 0.5) is 0 Å². The van der Waals surface area contributed by atoms with Crippen LogP contribution in [0.15, 0.2) is 11.6 Å². The van der Waals surface area contributed by atoms with Crippen molar-refractivity contribution >= 4 is 0 Å². The maximum atomic E-state index is 2.58. The summed E-state index contributed by atoms with van der Waals surface area (Å²) in [5, 5.41) is 0. The molecule has 0 aromatic carbocycles. The molecule has 0 heterocycles. The summed E-state index contributed by atoms with van der Waals surface area (Å²) in [7, 11) is 0. The number of hydrogen-bond donors (Lipinski definition) is 0. The average molecular weight is 192 g/mol. The third-order valence-electron chi connectivity index (χ3n) is 4.25. The van der Waals surface area contributed by atoms with E-state index >= 15 is 0 Å². The largest absolute Gasteiger partial charge is 0.0822 e. The molecule has 0 aromatic heterocycles. The van der Waals surface area contributed by atoms with Crippen molar-refractivity contribution in [2.45, 2.75) is 47.0 Å². The van der Waals surface area contributed by atoms with Gasteiger partial charge in [-0.15, -0.1) is 0 Å². The summed E-state index contributed by atoms with van der Waals surface area (Å²) in [4.78, 5) is 0. The maximum absolute atomic E-state index is 2.58. The first kappa shape index (κ1) is 10.3. The van der Waals surface area contributed by atoms with E-state index in [1.807, 2.05) is 0 Å². The Morgan fingerprint density at radius 2 is 1.64 bits per heavy atom. The SMILES string of the molecule is C[C@H]1CC2=C[C@H](C)C[C@@H](C)[C@@H]2[C@H](C)C1. The molecule has 0 nitrogen and oxygen atoms in total. The quantitative estimate of drug-likeness (QED) is 0.503. The Balaban J connectivity index is 2.23. The van der Waals surface area contributed by atoms with Gasteiger partial charge >= 0.3 is 0 Å². The predicted molar refractivity (Wildman–Crippen MR) is 62.1 cm³/mol. The summed E-state index contributed by atoms with van der Waals surface area (Å²) in [6.45, 7) is 9.71. The zero-order valence-corrected chi connectivity index (χ0v) is 10.1. The number of rotatable bonds is 0. The zero-order chi connectivity index (χ0) is 10.3. The van der Waals surface area contributed by atoms with E-state index in [4.69, 9.17) is 0 Å². The van der Waals surface area contributed by atoms with E-state index in [1.165, 1.54) is 19.3 Å². The molecular formula is C14H24. The predicted octanol–water partition coefficient (Wildman–Crippen LogP) is 4.27. The lowest BCUT2D eigenvalue weighted by atomic mass is 9.63. The van der Waals surface area contributed by atoms with Gasteiger partial charge in [0.1, 0.15) is 0 Å². The Morgan fingerprint density at radius 1 is 1.00 bits per heavy atom. The minimum Gasteiger partial charge on any atom is -0.0822 e. The lowest BCUT2D eigenvalue weighted by Crippen LogP contribution is -2.32. The second-order valence-electron chi connectivity index (χ2n) is 5.98. The van der Waals surface area contributed by atoms with Crippen LogP contribution >= 0.6 is 0 Å². The molecule has 0 amide bonds. The van der Waals surface area contributed by atoms with Gasteiger partial charge in [0.05, 0.1) is 0 Å². The van der Waals surface area contributed by atoms with Gasteiger partial charge in [0, 0.05) is 0 Å². The van der Waals surface area contributed by atoms with Crippen molar-refractivity contribution in [3.63, 3.8) is 0 Å². The maximum Gasteiger partial charge on any atom is -0.0151 e. The third-order valence-corrected chi connectivity index (χ3v) is 4.25. The molecule has 0 heteroatoms. The molecular weight excluding hydrogens is 168 g/mol. The van der Waals surface area contributed by atoms with Gasteiger partial charge in [-0.05, 0) is 48.9 Å². The van der Waals surface area contributed by atoms with Gasteiger partial charge in [0.25, 0.3) is 0 Å². The lowest BCUT2D eigenvalue weighted by Gasteiger charge is -2.42. The van der Waals surface area contributed by atoms with Crippen molar-refractivity contribution in [2.75, 3.05) is 0 Å². The van der Waals surface area contributed by atoms with E-state index in [0.717, 1.165) is 29.6 Å². The molecule has 0 radical (unpaired) electrons. The molecule has 2 aliphatic rings. The van der Waals surface area contributed by atoms with Gasteiger partial charge in [0.2, 0.25) is 0 Å². The van der Waals surface area contributed by atoms with Gasteiger partial charge < -0.3 is 0 Å². The second-order valence-corrected chi connectivity index (χ2v) is 5.98. The minimum absolute atomic E-state index is 0.828. The van der Waals surface area contributed by atoms with Crippen LogP contribution in [-0.2, 0) is 0 Å². The van der Waals surface area contributed by atoms with Gasteiger partial charge in [0.15, 0.2) is 0 Å². The van der Waals surface area contributed by atoms with Crippen LogP contribution in [0.25, 0.3) is 0 Å². The summed E-state index contributed by atoms with van der Waals surface area (Å²) in [6, 6.07) is 0. The molecule has 2 aliphatic carbocycles. The Morgan fingerprint density at radius 3 is 2.36 bits per heavy atom. The van der Waals surface area contributed by atoms with E-state index in [9.17, 15) is 0 Å². The van der Waals surface area contributed by atoms with E-state index in [2.05, 4.69) is 33.8 Å². The van der Waals surface area contributed by atoms with Crippen LogP contribution in [0.5, 0.6) is 0 Å². The standard InChI is InChI=1S/C14H24/c1-9-5-11(3)14-12(4)6-10(2)8-13(14)7-9/h7,9-12,14H,5-6,8H2,1-4H3/t9-,10-,11-,12-,14-/m1/s1. The fourth-order valence-electron chi connectivity index (χ4n) is 4.04.